The number of carbonyl (C=O) groups is 1. The predicted molar refractivity (Wildman–Crippen MR) is 67.0 cm³/mol. The quantitative estimate of drug-likeness (QED) is 0.713. The zero-order valence-electron chi connectivity index (χ0n) is 11.2. The van der Waals surface area contributed by atoms with E-state index in [1.54, 1.807) is 12.0 Å². The van der Waals surface area contributed by atoms with Crippen LogP contribution in [0.4, 0.5) is 4.79 Å². The van der Waals surface area contributed by atoms with Crippen LogP contribution in [0, 0.1) is 0 Å². The Morgan fingerprint density at radius 3 is 2.76 bits per heavy atom. The van der Waals surface area contributed by atoms with Gasteiger partial charge in [-0.1, -0.05) is 12.2 Å². The summed E-state index contributed by atoms with van der Waals surface area (Å²) in [7, 11) is 1.66. The van der Waals surface area contributed by atoms with Gasteiger partial charge < -0.3 is 14.4 Å². The zero-order chi connectivity index (χ0) is 12.9. The first-order valence-corrected chi connectivity index (χ1v) is 6.09. The Morgan fingerprint density at radius 1 is 1.47 bits per heavy atom. The second kappa shape index (κ2) is 6.05. The van der Waals surface area contributed by atoms with E-state index in [4.69, 9.17) is 9.47 Å². The Morgan fingerprint density at radius 2 is 2.18 bits per heavy atom. The van der Waals surface area contributed by atoms with Gasteiger partial charge in [0.1, 0.15) is 5.60 Å². The van der Waals surface area contributed by atoms with Gasteiger partial charge in [-0.15, -0.1) is 0 Å². The molecule has 0 aromatic rings. The molecule has 0 unspecified atom stereocenters. The number of methoxy groups -OCH3 is 1. The number of ether oxygens (including phenoxy) is 2. The Bertz CT molecular complexity index is 281. The van der Waals surface area contributed by atoms with Gasteiger partial charge in [0.25, 0.3) is 0 Å². The number of rotatable bonds is 3. The van der Waals surface area contributed by atoms with Crippen LogP contribution in [-0.4, -0.2) is 42.9 Å². The Balaban J connectivity index is 2.54. The van der Waals surface area contributed by atoms with E-state index < -0.39 is 5.60 Å². The summed E-state index contributed by atoms with van der Waals surface area (Å²) in [5.74, 6) is 0. The van der Waals surface area contributed by atoms with Crippen LogP contribution in [0.5, 0.6) is 0 Å². The molecule has 1 atom stereocenters. The molecule has 98 valence electrons. The molecule has 4 nitrogen and oxygen atoms in total. The first-order valence-electron chi connectivity index (χ1n) is 6.09. The normalized spacial score (nSPS) is 21.2. The molecule has 1 fully saturated rings. The van der Waals surface area contributed by atoms with E-state index in [0.717, 1.165) is 19.4 Å². The number of hydrogen-bond donors (Lipinski definition) is 0. The van der Waals surface area contributed by atoms with Crippen molar-refractivity contribution < 1.29 is 14.3 Å². The van der Waals surface area contributed by atoms with Crippen LogP contribution in [0.3, 0.4) is 0 Å². The van der Waals surface area contributed by atoms with Gasteiger partial charge in [-0.25, -0.2) is 4.79 Å². The SMILES string of the molecule is COC/C=C\[C@@H]1CCCN1C(=O)OC(C)(C)C. The smallest absolute Gasteiger partial charge is 0.410 e. The van der Waals surface area contributed by atoms with Gasteiger partial charge in [-0.2, -0.15) is 0 Å². The molecule has 1 saturated heterocycles. The second-order valence-corrected chi connectivity index (χ2v) is 5.27. The highest BCUT2D eigenvalue weighted by Gasteiger charge is 2.30. The van der Waals surface area contributed by atoms with E-state index in [1.165, 1.54) is 0 Å². The molecule has 0 radical (unpaired) electrons. The predicted octanol–water partition coefficient (Wildman–Crippen LogP) is 2.59. The lowest BCUT2D eigenvalue weighted by atomic mass is 10.2. The third kappa shape index (κ3) is 4.77. The van der Waals surface area contributed by atoms with Gasteiger partial charge in [0, 0.05) is 13.7 Å². The minimum absolute atomic E-state index is 0.153. The van der Waals surface area contributed by atoms with Crippen LogP contribution in [0.1, 0.15) is 33.6 Å². The Hall–Kier alpha value is -1.03. The maximum Gasteiger partial charge on any atom is 0.410 e. The van der Waals surface area contributed by atoms with Crippen LogP contribution >= 0.6 is 0 Å². The van der Waals surface area contributed by atoms with E-state index in [-0.39, 0.29) is 12.1 Å². The van der Waals surface area contributed by atoms with E-state index >= 15 is 0 Å². The highest BCUT2D eigenvalue weighted by atomic mass is 16.6. The molecular weight excluding hydrogens is 218 g/mol. The molecule has 0 aromatic carbocycles. The van der Waals surface area contributed by atoms with Gasteiger partial charge >= 0.3 is 6.09 Å². The minimum atomic E-state index is -0.430. The lowest BCUT2D eigenvalue weighted by Gasteiger charge is -2.27. The van der Waals surface area contributed by atoms with E-state index in [9.17, 15) is 4.79 Å². The Kier molecular flexibility index (Phi) is 5.00. The lowest BCUT2D eigenvalue weighted by molar-refractivity contribution is 0.0255. The van der Waals surface area contributed by atoms with Gasteiger partial charge in [0.2, 0.25) is 0 Å². The molecule has 0 N–H and O–H groups in total. The fourth-order valence-electron chi connectivity index (χ4n) is 1.85. The molecule has 0 aliphatic carbocycles. The standard InChI is InChI=1S/C13H23NO3/c1-13(2,3)17-12(15)14-9-5-7-11(14)8-6-10-16-4/h6,8,11H,5,7,9-10H2,1-4H3/b8-6-/t11-/m0/s1. The highest BCUT2D eigenvalue weighted by molar-refractivity contribution is 5.69. The molecule has 4 heteroatoms. The first kappa shape index (κ1) is 14.0. The minimum Gasteiger partial charge on any atom is -0.444 e. The summed E-state index contributed by atoms with van der Waals surface area (Å²) in [6.45, 7) is 7.01. The average Bonchev–Trinajstić information content (AvgIpc) is 2.64. The molecular formula is C13H23NO3. The summed E-state index contributed by atoms with van der Waals surface area (Å²) >= 11 is 0. The molecule has 0 aromatic heterocycles. The number of carbonyl (C=O) groups excluding carboxylic acids is 1. The lowest BCUT2D eigenvalue weighted by Crippen LogP contribution is -2.39. The van der Waals surface area contributed by atoms with Crippen molar-refractivity contribution >= 4 is 6.09 Å². The summed E-state index contributed by atoms with van der Waals surface area (Å²) in [6.07, 6.45) is 5.79. The van der Waals surface area contributed by atoms with Crippen molar-refractivity contribution in [3.8, 4) is 0 Å². The van der Waals surface area contributed by atoms with Crippen molar-refractivity contribution in [3.05, 3.63) is 12.2 Å². The van der Waals surface area contributed by atoms with Crippen molar-refractivity contribution in [2.45, 2.75) is 45.3 Å². The fourth-order valence-corrected chi connectivity index (χ4v) is 1.85. The van der Waals surface area contributed by atoms with Crippen LogP contribution < -0.4 is 0 Å². The number of amides is 1. The molecule has 1 aliphatic rings. The molecule has 0 spiro atoms. The Labute approximate surface area is 104 Å². The third-order valence-corrected chi connectivity index (χ3v) is 2.55. The van der Waals surface area contributed by atoms with Gasteiger partial charge in [0.05, 0.1) is 12.6 Å². The number of hydrogen-bond acceptors (Lipinski definition) is 3. The van der Waals surface area contributed by atoms with Crippen molar-refractivity contribution in [3.63, 3.8) is 0 Å². The zero-order valence-corrected chi connectivity index (χ0v) is 11.2. The summed E-state index contributed by atoms with van der Waals surface area (Å²) in [5.41, 5.74) is -0.430. The highest BCUT2D eigenvalue weighted by Crippen LogP contribution is 2.21. The van der Waals surface area contributed by atoms with Crippen molar-refractivity contribution in [1.29, 1.82) is 0 Å². The molecule has 0 saturated carbocycles. The molecule has 17 heavy (non-hydrogen) atoms. The number of likely N-dealkylation sites (tertiary alicyclic amines) is 1. The summed E-state index contributed by atoms with van der Waals surface area (Å²) in [5, 5.41) is 0. The van der Waals surface area contributed by atoms with Crippen LogP contribution in [-0.2, 0) is 9.47 Å². The molecule has 1 amide bonds. The van der Waals surface area contributed by atoms with Crippen LogP contribution in [0.2, 0.25) is 0 Å². The number of nitrogens with zero attached hydrogens (tertiary/aromatic N) is 1. The van der Waals surface area contributed by atoms with Gasteiger partial charge in [-0.05, 0) is 33.6 Å². The average molecular weight is 241 g/mol. The first-order chi connectivity index (χ1) is 7.94. The second-order valence-electron chi connectivity index (χ2n) is 5.27. The monoisotopic (exact) mass is 241 g/mol. The maximum atomic E-state index is 11.9. The molecule has 1 heterocycles. The maximum absolute atomic E-state index is 11.9. The van der Waals surface area contributed by atoms with Crippen molar-refractivity contribution in [2.24, 2.45) is 0 Å². The third-order valence-electron chi connectivity index (χ3n) is 2.55. The summed E-state index contributed by atoms with van der Waals surface area (Å²) in [6, 6.07) is 0.153. The van der Waals surface area contributed by atoms with Gasteiger partial charge in [0.15, 0.2) is 0 Å². The van der Waals surface area contributed by atoms with E-state index in [2.05, 4.69) is 0 Å². The van der Waals surface area contributed by atoms with Gasteiger partial charge in [-0.3, -0.25) is 0 Å². The largest absolute Gasteiger partial charge is 0.444 e. The molecule has 1 aliphatic heterocycles. The van der Waals surface area contributed by atoms with E-state index in [1.807, 2.05) is 32.9 Å². The van der Waals surface area contributed by atoms with Crippen LogP contribution in [0.25, 0.3) is 0 Å². The molecule has 0 bridgehead atoms. The van der Waals surface area contributed by atoms with Crippen molar-refractivity contribution in [2.75, 3.05) is 20.3 Å². The summed E-state index contributed by atoms with van der Waals surface area (Å²) < 4.78 is 10.3. The van der Waals surface area contributed by atoms with E-state index in [0.29, 0.717) is 6.61 Å². The topological polar surface area (TPSA) is 38.8 Å². The molecule has 1 rings (SSSR count). The van der Waals surface area contributed by atoms with Crippen LogP contribution in [0.15, 0.2) is 12.2 Å². The fraction of sp³-hybridized carbons (Fsp3) is 0.769. The van der Waals surface area contributed by atoms with Crippen molar-refractivity contribution in [1.82, 2.24) is 4.90 Å². The summed E-state index contributed by atoms with van der Waals surface area (Å²) in [4.78, 5) is 13.7.